The zero-order valence-corrected chi connectivity index (χ0v) is 10.5. The lowest BCUT2D eigenvalue weighted by Gasteiger charge is -2.21. The molecule has 3 heterocycles. The van der Waals surface area contributed by atoms with E-state index in [-0.39, 0.29) is 11.4 Å². The number of thiophene rings is 1. The van der Waals surface area contributed by atoms with Crippen LogP contribution in [0.5, 0.6) is 0 Å². The molecule has 0 aliphatic carbocycles. The first-order chi connectivity index (χ1) is 8.56. The molecule has 0 aromatic carbocycles. The second-order valence-electron chi connectivity index (χ2n) is 4.39. The molecule has 2 N–H and O–H groups in total. The highest BCUT2D eigenvalue weighted by Gasteiger charge is 2.22. The molecule has 7 heteroatoms. The Morgan fingerprint density at radius 2 is 2.33 bits per heavy atom. The predicted molar refractivity (Wildman–Crippen MR) is 67.2 cm³/mol. The summed E-state index contributed by atoms with van der Waals surface area (Å²) in [6, 6.07) is 0. The molecule has 2 aromatic heterocycles. The number of H-pyrrole nitrogens is 1. The summed E-state index contributed by atoms with van der Waals surface area (Å²) in [5.74, 6) is -1.50. The van der Waals surface area contributed by atoms with E-state index in [9.17, 15) is 9.59 Å². The Labute approximate surface area is 106 Å². The fraction of sp³-hybridized carbons (Fsp3) is 0.364. The summed E-state index contributed by atoms with van der Waals surface area (Å²) >= 11 is 1.41. The number of nitrogens with one attached hydrogen (secondary N) is 1. The summed E-state index contributed by atoms with van der Waals surface area (Å²) in [4.78, 5) is 32.9. The fourth-order valence-electron chi connectivity index (χ4n) is 2.23. The Hall–Kier alpha value is -1.73. The fourth-order valence-corrected chi connectivity index (χ4v) is 3.53. The smallest absolute Gasteiger partial charge is 0.372 e. The number of aromatic amines is 1. The van der Waals surface area contributed by atoms with E-state index >= 15 is 0 Å². The molecular weight excluding hydrogens is 254 g/mol. The van der Waals surface area contributed by atoms with Gasteiger partial charge in [0, 0.05) is 18.0 Å². The van der Waals surface area contributed by atoms with E-state index in [1.165, 1.54) is 11.3 Å². The minimum atomic E-state index is -1.21. The largest absolute Gasteiger partial charge is 0.475 e. The highest BCUT2D eigenvalue weighted by molar-refractivity contribution is 7.18. The van der Waals surface area contributed by atoms with Crippen LogP contribution < -0.4 is 5.56 Å². The highest BCUT2D eigenvalue weighted by Crippen LogP contribution is 2.31. The van der Waals surface area contributed by atoms with Gasteiger partial charge in [0.25, 0.3) is 5.56 Å². The Kier molecular flexibility index (Phi) is 2.46. The number of nitrogens with zero attached hydrogens (tertiary/aromatic N) is 2. The second kappa shape index (κ2) is 3.89. The van der Waals surface area contributed by atoms with Gasteiger partial charge in [-0.25, -0.2) is 9.78 Å². The number of fused-ring (bicyclic) bond motifs is 3. The van der Waals surface area contributed by atoms with E-state index in [1.54, 1.807) is 0 Å². The van der Waals surface area contributed by atoms with Crippen molar-refractivity contribution in [2.24, 2.45) is 0 Å². The maximum absolute atomic E-state index is 12.0. The van der Waals surface area contributed by atoms with Gasteiger partial charge in [0.1, 0.15) is 4.83 Å². The van der Waals surface area contributed by atoms with Gasteiger partial charge in [0.05, 0.1) is 5.39 Å². The number of carboxylic acids is 1. The van der Waals surface area contributed by atoms with E-state index in [4.69, 9.17) is 5.11 Å². The van der Waals surface area contributed by atoms with Gasteiger partial charge in [-0.05, 0) is 19.0 Å². The minimum Gasteiger partial charge on any atom is -0.475 e. The molecule has 0 saturated heterocycles. The lowest BCUT2D eigenvalue weighted by Crippen LogP contribution is -2.26. The van der Waals surface area contributed by atoms with Crippen LogP contribution in [0, 0.1) is 0 Å². The van der Waals surface area contributed by atoms with Gasteiger partial charge >= 0.3 is 5.97 Å². The third-order valence-corrected chi connectivity index (χ3v) is 4.21. The standard InChI is InChI=1S/C11H11N3O3S/c1-14-3-2-5-6(4-14)18-10-7(5)9(15)12-8(13-10)11(16)17/h2-4H2,1H3,(H,16,17)(H,12,13,15). The number of hydrogen-bond acceptors (Lipinski definition) is 5. The van der Waals surface area contributed by atoms with Crippen molar-refractivity contribution in [3.8, 4) is 0 Å². The van der Waals surface area contributed by atoms with E-state index in [1.807, 2.05) is 7.05 Å². The van der Waals surface area contributed by atoms with Crippen LogP contribution in [0.4, 0.5) is 0 Å². The van der Waals surface area contributed by atoms with Gasteiger partial charge in [-0.3, -0.25) is 4.79 Å². The van der Waals surface area contributed by atoms with E-state index in [0.29, 0.717) is 10.2 Å². The number of aromatic nitrogens is 2. The lowest BCUT2D eigenvalue weighted by molar-refractivity contribution is 0.0683. The van der Waals surface area contributed by atoms with E-state index in [2.05, 4.69) is 14.9 Å². The molecule has 1 aliphatic heterocycles. The maximum atomic E-state index is 12.0. The summed E-state index contributed by atoms with van der Waals surface area (Å²) in [6.07, 6.45) is 0.809. The Morgan fingerprint density at radius 1 is 1.56 bits per heavy atom. The third-order valence-electron chi connectivity index (χ3n) is 3.10. The van der Waals surface area contributed by atoms with Crippen LogP contribution in [0.2, 0.25) is 0 Å². The number of likely N-dealkylation sites (N-methyl/N-ethyl adjacent to an activating group) is 1. The van der Waals surface area contributed by atoms with Crippen molar-refractivity contribution in [3.63, 3.8) is 0 Å². The monoisotopic (exact) mass is 265 g/mol. The molecule has 18 heavy (non-hydrogen) atoms. The average Bonchev–Trinajstić information content (AvgIpc) is 2.66. The van der Waals surface area contributed by atoms with Gasteiger partial charge in [0.2, 0.25) is 5.82 Å². The summed E-state index contributed by atoms with van der Waals surface area (Å²) in [6.45, 7) is 1.69. The molecular formula is C11H11N3O3S. The zero-order chi connectivity index (χ0) is 12.9. The second-order valence-corrected chi connectivity index (χ2v) is 5.48. The number of carboxylic acid groups (broad SMARTS) is 1. The Balaban J connectivity index is 2.29. The first-order valence-corrected chi connectivity index (χ1v) is 6.34. The molecule has 94 valence electrons. The molecule has 0 bridgehead atoms. The first kappa shape index (κ1) is 11.4. The lowest BCUT2D eigenvalue weighted by atomic mass is 10.1. The van der Waals surface area contributed by atoms with Crippen LogP contribution in [-0.4, -0.2) is 39.5 Å². The molecule has 0 atom stereocenters. The SMILES string of the molecule is CN1CCc2c(sc3nc(C(=O)O)[nH]c(=O)c23)C1. The quantitative estimate of drug-likeness (QED) is 0.791. The van der Waals surface area contributed by atoms with Gasteiger partial charge in [-0.15, -0.1) is 11.3 Å². The van der Waals surface area contributed by atoms with E-state index in [0.717, 1.165) is 30.0 Å². The molecule has 0 fully saturated rings. The first-order valence-electron chi connectivity index (χ1n) is 5.52. The number of hydrogen-bond donors (Lipinski definition) is 2. The number of carbonyl (C=O) groups is 1. The van der Waals surface area contributed by atoms with Gasteiger partial charge in [-0.1, -0.05) is 0 Å². The molecule has 0 radical (unpaired) electrons. The minimum absolute atomic E-state index is 0.292. The molecule has 0 unspecified atom stereocenters. The molecule has 1 aliphatic rings. The third kappa shape index (κ3) is 1.63. The van der Waals surface area contributed by atoms with Crippen molar-refractivity contribution in [2.45, 2.75) is 13.0 Å². The maximum Gasteiger partial charge on any atom is 0.372 e. The summed E-state index contributed by atoms with van der Waals surface area (Å²) < 4.78 is 0. The topological polar surface area (TPSA) is 86.3 Å². The zero-order valence-electron chi connectivity index (χ0n) is 9.69. The number of aromatic carboxylic acids is 1. The molecule has 0 spiro atoms. The van der Waals surface area contributed by atoms with Crippen LogP contribution in [0.25, 0.3) is 10.2 Å². The van der Waals surface area contributed by atoms with Crippen LogP contribution in [-0.2, 0) is 13.0 Å². The molecule has 0 amide bonds. The van der Waals surface area contributed by atoms with Crippen molar-refractivity contribution in [1.82, 2.24) is 14.9 Å². The van der Waals surface area contributed by atoms with Crippen molar-refractivity contribution in [1.29, 1.82) is 0 Å². The predicted octanol–water partition coefficient (Wildman–Crippen LogP) is 0.671. The van der Waals surface area contributed by atoms with Crippen LogP contribution in [0.3, 0.4) is 0 Å². The van der Waals surface area contributed by atoms with Crippen molar-refractivity contribution < 1.29 is 9.90 Å². The van der Waals surface area contributed by atoms with Gasteiger partial charge < -0.3 is 15.0 Å². The van der Waals surface area contributed by atoms with Crippen LogP contribution in [0.15, 0.2) is 4.79 Å². The molecule has 0 saturated carbocycles. The molecule has 3 rings (SSSR count). The van der Waals surface area contributed by atoms with Gasteiger partial charge in [-0.2, -0.15) is 0 Å². The molecule has 2 aromatic rings. The summed E-state index contributed by atoms with van der Waals surface area (Å²) in [7, 11) is 2.02. The normalized spacial score (nSPS) is 15.8. The summed E-state index contributed by atoms with van der Waals surface area (Å²) in [5.41, 5.74) is 0.679. The van der Waals surface area contributed by atoms with Gasteiger partial charge in [0.15, 0.2) is 0 Å². The van der Waals surface area contributed by atoms with Crippen LogP contribution >= 0.6 is 11.3 Å². The average molecular weight is 265 g/mol. The Bertz CT molecular complexity index is 703. The van der Waals surface area contributed by atoms with Crippen molar-refractivity contribution in [3.05, 3.63) is 26.6 Å². The van der Waals surface area contributed by atoms with Crippen molar-refractivity contribution in [2.75, 3.05) is 13.6 Å². The summed E-state index contributed by atoms with van der Waals surface area (Å²) in [5, 5.41) is 9.44. The van der Waals surface area contributed by atoms with E-state index < -0.39 is 5.97 Å². The highest BCUT2D eigenvalue weighted by atomic mass is 32.1. The Morgan fingerprint density at radius 3 is 3.06 bits per heavy atom. The molecule has 6 nitrogen and oxygen atoms in total. The number of rotatable bonds is 1. The van der Waals surface area contributed by atoms with Crippen LogP contribution in [0.1, 0.15) is 21.1 Å². The van der Waals surface area contributed by atoms with Crippen molar-refractivity contribution >= 4 is 27.5 Å².